The van der Waals surface area contributed by atoms with Gasteiger partial charge >= 0.3 is 0 Å². The molecule has 0 spiro atoms. The van der Waals surface area contributed by atoms with Crippen LogP contribution in [0.25, 0.3) is 0 Å². The average molecular weight is 264 g/mol. The molecule has 1 aliphatic carbocycles. The standard InChI is InChI=1S/C13H20N4O2/c1-14-12-8-15-11(7-16-12)13(18)17(2)5-6-19-9-10-3-4-10/h7-8,10H,3-6,9H2,1-2H3,(H,14,16). The highest BCUT2D eigenvalue weighted by Gasteiger charge is 2.21. The minimum atomic E-state index is -0.134. The fourth-order valence-corrected chi connectivity index (χ4v) is 1.60. The van der Waals surface area contributed by atoms with Gasteiger partial charge in [-0.05, 0) is 18.8 Å². The molecule has 6 heteroatoms. The third-order valence-electron chi connectivity index (χ3n) is 3.10. The van der Waals surface area contributed by atoms with Crippen LogP contribution in [0.15, 0.2) is 12.4 Å². The van der Waals surface area contributed by atoms with Crippen molar-refractivity contribution in [3.05, 3.63) is 18.1 Å². The molecule has 1 N–H and O–H groups in total. The number of hydrogen-bond acceptors (Lipinski definition) is 5. The number of rotatable bonds is 7. The number of nitrogens with zero attached hydrogens (tertiary/aromatic N) is 3. The van der Waals surface area contributed by atoms with Crippen molar-refractivity contribution in [1.29, 1.82) is 0 Å². The minimum Gasteiger partial charge on any atom is -0.379 e. The van der Waals surface area contributed by atoms with Crippen molar-refractivity contribution in [2.75, 3.05) is 39.2 Å². The quantitative estimate of drug-likeness (QED) is 0.745. The lowest BCUT2D eigenvalue weighted by Gasteiger charge is -2.16. The zero-order valence-corrected chi connectivity index (χ0v) is 11.4. The highest BCUT2D eigenvalue weighted by atomic mass is 16.5. The lowest BCUT2D eigenvalue weighted by molar-refractivity contribution is 0.0675. The first-order valence-corrected chi connectivity index (χ1v) is 6.53. The zero-order chi connectivity index (χ0) is 13.7. The second-order valence-electron chi connectivity index (χ2n) is 4.78. The van der Waals surface area contributed by atoms with E-state index in [4.69, 9.17) is 4.74 Å². The van der Waals surface area contributed by atoms with Crippen LogP contribution in [-0.2, 0) is 4.74 Å². The number of anilines is 1. The summed E-state index contributed by atoms with van der Waals surface area (Å²) in [5.41, 5.74) is 0.351. The van der Waals surface area contributed by atoms with Crippen LogP contribution in [0.4, 0.5) is 5.82 Å². The molecular weight excluding hydrogens is 244 g/mol. The first-order chi connectivity index (χ1) is 9.20. The van der Waals surface area contributed by atoms with Crippen molar-refractivity contribution in [3.8, 4) is 0 Å². The van der Waals surface area contributed by atoms with E-state index in [1.165, 1.54) is 19.0 Å². The van der Waals surface area contributed by atoms with Crippen LogP contribution in [0.5, 0.6) is 0 Å². The Morgan fingerprint density at radius 3 is 2.84 bits per heavy atom. The smallest absolute Gasteiger partial charge is 0.273 e. The van der Waals surface area contributed by atoms with Crippen LogP contribution in [0.2, 0.25) is 0 Å². The molecule has 1 saturated carbocycles. The second-order valence-corrected chi connectivity index (χ2v) is 4.78. The molecule has 0 radical (unpaired) electrons. The normalized spacial score (nSPS) is 14.2. The van der Waals surface area contributed by atoms with Gasteiger partial charge in [-0.3, -0.25) is 4.79 Å². The van der Waals surface area contributed by atoms with E-state index in [0.717, 1.165) is 12.5 Å². The molecule has 0 atom stereocenters. The number of amides is 1. The van der Waals surface area contributed by atoms with Crippen LogP contribution < -0.4 is 5.32 Å². The van der Waals surface area contributed by atoms with E-state index in [1.54, 1.807) is 25.2 Å². The lowest BCUT2D eigenvalue weighted by atomic mass is 10.4. The molecule has 0 bridgehead atoms. The molecule has 0 saturated heterocycles. The maximum atomic E-state index is 12.0. The average Bonchev–Trinajstić information content (AvgIpc) is 3.27. The van der Waals surface area contributed by atoms with Gasteiger partial charge in [0.05, 0.1) is 19.0 Å². The van der Waals surface area contributed by atoms with E-state index in [1.807, 2.05) is 0 Å². The van der Waals surface area contributed by atoms with Gasteiger partial charge < -0.3 is 15.0 Å². The lowest BCUT2D eigenvalue weighted by Crippen LogP contribution is -2.31. The van der Waals surface area contributed by atoms with E-state index >= 15 is 0 Å². The topological polar surface area (TPSA) is 67.4 Å². The minimum absolute atomic E-state index is 0.134. The van der Waals surface area contributed by atoms with Gasteiger partial charge in [-0.2, -0.15) is 0 Å². The maximum absolute atomic E-state index is 12.0. The van der Waals surface area contributed by atoms with Crippen LogP contribution in [0.1, 0.15) is 23.3 Å². The fraction of sp³-hybridized carbons (Fsp3) is 0.615. The van der Waals surface area contributed by atoms with Crippen LogP contribution >= 0.6 is 0 Å². The van der Waals surface area contributed by atoms with Crippen molar-refractivity contribution in [2.24, 2.45) is 5.92 Å². The summed E-state index contributed by atoms with van der Waals surface area (Å²) in [6.45, 7) is 1.96. The summed E-state index contributed by atoms with van der Waals surface area (Å²) in [7, 11) is 3.51. The van der Waals surface area contributed by atoms with Crippen molar-refractivity contribution in [1.82, 2.24) is 14.9 Å². The number of aromatic nitrogens is 2. The highest BCUT2D eigenvalue weighted by molar-refractivity contribution is 5.91. The van der Waals surface area contributed by atoms with E-state index in [9.17, 15) is 4.79 Å². The van der Waals surface area contributed by atoms with Crippen LogP contribution in [-0.4, -0.2) is 54.6 Å². The van der Waals surface area contributed by atoms with Gasteiger partial charge in [0, 0.05) is 27.2 Å². The number of carbonyl (C=O) groups is 1. The molecule has 1 amide bonds. The summed E-state index contributed by atoms with van der Waals surface area (Å²) in [6, 6.07) is 0. The van der Waals surface area contributed by atoms with Crippen LogP contribution in [0.3, 0.4) is 0 Å². The Labute approximate surface area is 113 Å². The largest absolute Gasteiger partial charge is 0.379 e. The predicted octanol–water partition coefficient (Wildman–Crippen LogP) is 1.02. The van der Waals surface area contributed by atoms with E-state index < -0.39 is 0 Å². The molecule has 1 aromatic heterocycles. The maximum Gasteiger partial charge on any atom is 0.273 e. The van der Waals surface area contributed by atoms with E-state index in [0.29, 0.717) is 24.7 Å². The van der Waals surface area contributed by atoms with Gasteiger partial charge in [0.15, 0.2) is 0 Å². The summed E-state index contributed by atoms with van der Waals surface area (Å²) < 4.78 is 5.51. The second kappa shape index (κ2) is 6.47. The van der Waals surface area contributed by atoms with E-state index in [-0.39, 0.29) is 5.91 Å². The molecule has 0 aliphatic heterocycles. The Balaban J connectivity index is 1.76. The molecular formula is C13H20N4O2. The number of likely N-dealkylation sites (N-methyl/N-ethyl adjacent to an activating group) is 1. The van der Waals surface area contributed by atoms with Crippen molar-refractivity contribution in [2.45, 2.75) is 12.8 Å². The Morgan fingerprint density at radius 1 is 1.47 bits per heavy atom. The number of nitrogens with one attached hydrogen (secondary N) is 1. The third kappa shape index (κ3) is 4.17. The molecule has 6 nitrogen and oxygen atoms in total. The summed E-state index contributed by atoms with van der Waals surface area (Å²) in [6.07, 6.45) is 5.59. The van der Waals surface area contributed by atoms with Gasteiger partial charge in [0.1, 0.15) is 11.5 Å². The SMILES string of the molecule is CNc1cnc(C(=O)N(C)CCOCC2CC2)cn1. The number of ether oxygens (including phenoxy) is 1. The fourth-order valence-electron chi connectivity index (χ4n) is 1.60. The molecule has 1 fully saturated rings. The Hall–Kier alpha value is -1.69. The Bertz CT molecular complexity index is 417. The van der Waals surface area contributed by atoms with Gasteiger partial charge in [0.2, 0.25) is 0 Å². The van der Waals surface area contributed by atoms with Crippen molar-refractivity contribution < 1.29 is 9.53 Å². The van der Waals surface area contributed by atoms with Crippen molar-refractivity contribution >= 4 is 11.7 Å². The third-order valence-corrected chi connectivity index (χ3v) is 3.10. The van der Waals surface area contributed by atoms with Gasteiger partial charge in [-0.1, -0.05) is 0 Å². The molecule has 104 valence electrons. The molecule has 1 heterocycles. The Kier molecular flexibility index (Phi) is 4.68. The summed E-state index contributed by atoms with van der Waals surface area (Å²) >= 11 is 0. The molecule has 19 heavy (non-hydrogen) atoms. The molecule has 1 aromatic rings. The first-order valence-electron chi connectivity index (χ1n) is 6.53. The highest BCUT2D eigenvalue weighted by Crippen LogP contribution is 2.28. The molecule has 2 rings (SSSR count). The molecule has 1 aliphatic rings. The summed E-state index contributed by atoms with van der Waals surface area (Å²) in [4.78, 5) is 21.8. The van der Waals surface area contributed by atoms with Crippen molar-refractivity contribution in [3.63, 3.8) is 0 Å². The number of carbonyl (C=O) groups excluding carboxylic acids is 1. The monoisotopic (exact) mass is 264 g/mol. The number of hydrogen-bond donors (Lipinski definition) is 1. The van der Waals surface area contributed by atoms with Gasteiger partial charge in [-0.15, -0.1) is 0 Å². The summed E-state index contributed by atoms with van der Waals surface area (Å²) in [5.74, 6) is 1.26. The molecule has 0 aromatic carbocycles. The molecule has 0 unspecified atom stereocenters. The first kappa shape index (κ1) is 13.7. The predicted molar refractivity (Wildman–Crippen MR) is 72.1 cm³/mol. The van der Waals surface area contributed by atoms with Gasteiger partial charge in [0.25, 0.3) is 5.91 Å². The Morgan fingerprint density at radius 2 is 2.26 bits per heavy atom. The zero-order valence-electron chi connectivity index (χ0n) is 11.4. The van der Waals surface area contributed by atoms with Gasteiger partial charge in [-0.25, -0.2) is 9.97 Å². The summed E-state index contributed by atoms with van der Waals surface area (Å²) in [5, 5.41) is 2.86. The van der Waals surface area contributed by atoms with E-state index in [2.05, 4.69) is 15.3 Å². The van der Waals surface area contributed by atoms with Crippen LogP contribution in [0, 0.1) is 5.92 Å².